The van der Waals surface area contributed by atoms with Crippen LogP contribution in [0.3, 0.4) is 0 Å². The molecule has 0 aromatic carbocycles. The second-order valence-electron chi connectivity index (χ2n) is 5.68. The van der Waals surface area contributed by atoms with E-state index in [0.717, 1.165) is 26.1 Å². The molecule has 0 atom stereocenters. The van der Waals surface area contributed by atoms with Crippen molar-refractivity contribution in [1.82, 2.24) is 5.32 Å². The van der Waals surface area contributed by atoms with Crippen molar-refractivity contribution in [2.75, 3.05) is 26.9 Å². The van der Waals surface area contributed by atoms with Gasteiger partial charge in [-0.3, -0.25) is 4.99 Å². The Kier molecular flexibility index (Phi) is 5.45. The van der Waals surface area contributed by atoms with Crippen molar-refractivity contribution in [3.63, 3.8) is 0 Å². The van der Waals surface area contributed by atoms with Crippen molar-refractivity contribution in [1.29, 1.82) is 0 Å². The molecule has 0 amide bonds. The van der Waals surface area contributed by atoms with Crippen LogP contribution < -0.4 is 11.1 Å². The Balaban J connectivity index is 1.81. The molecule has 2 fully saturated rings. The highest BCUT2D eigenvalue weighted by Crippen LogP contribution is 2.24. The largest absolute Gasteiger partial charge is 0.381 e. The average molecular weight is 269 g/mol. The first kappa shape index (κ1) is 14.6. The van der Waals surface area contributed by atoms with E-state index in [1.54, 1.807) is 7.11 Å². The molecule has 1 heterocycles. The third-order valence-electron chi connectivity index (χ3n) is 4.33. The highest BCUT2D eigenvalue weighted by Gasteiger charge is 2.32. The lowest BCUT2D eigenvalue weighted by Gasteiger charge is -2.34. The Morgan fingerprint density at radius 3 is 2.63 bits per heavy atom. The number of methoxy groups -OCH3 is 1. The zero-order valence-corrected chi connectivity index (χ0v) is 12.0. The number of nitrogens with zero attached hydrogens (tertiary/aromatic N) is 1. The first-order valence-corrected chi connectivity index (χ1v) is 7.43. The maximum Gasteiger partial charge on any atom is 0.188 e. The number of rotatable bonds is 4. The zero-order chi connectivity index (χ0) is 13.6. The molecule has 5 heteroatoms. The number of nitrogens with one attached hydrogen (secondary N) is 1. The molecular weight excluding hydrogens is 242 g/mol. The Labute approximate surface area is 115 Å². The van der Waals surface area contributed by atoms with Gasteiger partial charge in [0.2, 0.25) is 0 Å². The van der Waals surface area contributed by atoms with Crippen molar-refractivity contribution in [3.05, 3.63) is 0 Å². The molecule has 0 bridgehead atoms. The average Bonchev–Trinajstić information content (AvgIpc) is 2.47. The van der Waals surface area contributed by atoms with Crippen LogP contribution in [0.4, 0.5) is 0 Å². The summed E-state index contributed by atoms with van der Waals surface area (Å²) in [5.41, 5.74) is 5.80. The van der Waals surface area contributed by atoms with Crippen LogP contribution in [-0.4, -0.2) is 44.5 Å². The van der Waals surface area contributed by atoms with Gasteiger partial charge in [-0.15, -0.1) is 0 Å². The summed E-state index contributed by atoms with van der Waals surface area (Å²) >= 11 is 0. The van der Waals surface area contributed by atoms with Crippen LogP contribution >= 0.6 is 0 Å². The van der Waals surface area contributed by atoms with E-state index in [4.69, 9.17) is 15.2 Å². The molecule has 3 N–H and O–H groups in total. The Morgan fingerprint density at radius 2 is 2.00 bits per heavy atom. The Hall–Kier alpha value is -0.810. The molecule has 0 aromatic heterocycles. The summed E-state index contributed by atoms with van der Waals surface area (Å²) in [6.45, 7) is 2.12. The van der Waals surface area contributed by atoms with E-state index in [0.29, 0.717) is 18.5 Å². The Morgan fingerprint density at radius 1 is 1.32 bits per heavy atom. The minimum Gasteiger partial charge on any atom is -0.381 e. The fourth-order valence-electron chi connectivity index (χ4n) is 2.90. The molecule has 1 saturated heterocycles. The van der Waals surface area contributed by atoms with Gasteiger partial charge >= 0.3 is 0 Å². The molecule has 0 spiro atoms. The molecule has 5 nitrogen and oxygen atoms in total. The number of ether oxygens (including phenoxy) is 2. The molecule has 2 aliphatic rings. The number of nitrogens with two attached hydrogens (primary N) is 1. The third-order valence-corrected chi connectivity index (χ3v) is 4.33. The molecule has 1 saturated carbocycles. The molecule has 0 radical (unpaired) electrons. The summed E-state index contributed by atoms with van der Waals surface area (Å²) in [6.07, 6.45) is 8.14. The summed E-state index contributed by atoms with van der Waals surface area (Å²) < 4.78 is 11.0. The Bertz CT molecular complexity index is 295. The number of hydrogen-bond acceptors (Lipinski definition) is 3. The lowest BCUT2D eigenvalue weighted by molar-refractivity contribution is -0.0828. The van der Waals surface area contributed by atoms with E-state index in [-0.39, 0.29) is 5.60 Å². The van der Waals surface area contributed by atoms with E-state index in [1.165, 1.54) is 32.1 Å². The maximum absolute atomic E-state index is 5.99. The second kappa shape index (κ2) is 7.10. The minimum absolute atomic E-state index is 0.183. The number of guanidine groups is 1. The summed E-state index contributed by atoms with van der Waals surface area (Å²) in [6, 6.07) is 0.505. The summed E-state index contributed by atoms with van der Waals surface area (Å²) in [7, 11) is 1.76. The van der Waals surface area contributed by atoms with E-state index >= 15 is 0 Å². The molecule has 0 aromatic rings. The first-order chi connectivity index (χ1) is 9.24. The molecular formula is C14H27N3O2. The van der Waals surface area contributed by atoms with Crippen LogP contribution in [0.25, 0.3) is 0 Å². The van der Waals surface area contributed by atoms with Crippen LogP contribution in [0.5, 0.6) is 0 Å². The van der Waals surface area contributed by atoms with E-state index in [9.17, 15) is 0 Å². The molecule has 19 heavy (non-hydrogen) atoms. The van der Waals surface area contributed by atoms with Crippen molar-refractivity contribution in [2.24, 2.45) is 10.7 Å². The second-order valence-corrected chi connectivity index (χ2v) is 5.68. The highest BCUT2D eigenvalue weighted by atomic mass is 16.5. The van der Waals surface area contributed by atoms with Gasteiger partial charge in [-0.1, -0.05) is 19.3 Å². The normalized spacial score (nSPS) is 25.2. The van der Waals surface area contributed by atoms with Crippen molar-refractivity contribution in [2.45, 2.75) is 56.6 Å². The molecule has 2 rings (SSSR count). The molecule has 1 aliphatic heterocycles. The fraction of sp³-hybridized carbons (Fsp3) is 0.929. The van der Waals surface area contributed by atoms with Gasteiger partial charge in [0, 0.05) is 39.2 Å². The lowest BCUT2D eigenvalue weighted by Crippen LogP contribution is -2.44. The van der Waals surface area contributed by atoms with Gasteiger partial charge in [0.05, 0.1) is 12.1 Å². The van der Waals surface area contributed by atoms with Gasteiger partial charge in [-0.2, -0.15) is 0 Å². The van der Waals surface area contributed by atoms with E-state index in [1.807, 2.05) is 0 Å². The van der Waals surface area contributed by atoms with Crippen LogP contribution in [0.1, 0.15) is 44.9 Å². The van der Waals surface area contributed by atoms with Crippen molar-refractivity contribution in [3.8, 4) is 0 Å². The third kappa shape index (κ3) is 4.35. The lowest BCUT2D eigenvalue weighted by atomic mass is 9.94. The predicted octanol–water partition coefficient (Wildman–Crippen LogP) is 1.42. The zero-order valence-electron chi connectivity index (χ0n) is 12.0. The van der Waals surface area contributed by atoms with Crippen molar-refractivity contribution < 1.29 is 9.47 Å². The molecule has 110 valence electrons. The summed E-state index contributed by atoms with van der Waals surface area (Å²) in [4.78, 5) is 4.49. The number of aliphatic imine (C=N–C) groups is 1. The highest BCUT2D eigenvalue weighted by molar-refractivity contribution is 5.78. The molecule has 1 aliphatic carbocycles. The van der Waals surface area contributed by atoms with Crippen LogP contribution in [0.15, 0.2) is 4.99 Å². The van der Waals surface area contributed by atoms with E-state index in [2.05, 4.69) is 10.3 Å². The van der Waals surface area contributed by atoms with Gasteiger partial charge in [0.15, 0.2) is 5.96 Å². The monoisotopic (exact) mass is 269 g/mol. The smallest absolute Gasteiger partial charge is 0.188 e. The maximum atomic E-state index is 5.99. The quantitative estimate of drug-likeness (QED) is 0.598. The van der Waals surface area contributed by atoms with Crippen LogP contribution in [-0.2, 0) is 9.47 Å². The van der Waals surface area contributed by atoms with Crippen LogP contribution in [0, 0.1) is 0 Å². The first-order valence-electron chi connectivity index (χ1n) is 7.43. The SMILES string of the molecule is COC1(CN=C(N)NC2CCCCC2)CCOCC1. The number of hydrogen-bond donors (Lipinski definition) is 2. The minimum atomic E-state index is -0.183. The van der Waals surface area contributed by atoms with Gasteiger partial charge in [-0.05, 0) is 12.8 Å². The molecule has 0 unspecified atom stereocenters. The van der Waals surface area contributed by atoms with Gasteiger partial charge in [0.25, 0.3) is 0 Å². The fourth-order valence-corrected chi connectivity index (χ4v) is 2.90. The van der Waals surface area contributed by atoms with Gasteiger partial charge in [0.1, 0.15) is 0 Å². The van der Waals surface area contributed by atoms with Crippen LogP contribution in [0.2, 0.25) is 0 Å². The van der Waals surface area contributed by atoms with Gasteiger partial charge in [-0.25, -0.2) is 0 Å². The summed E-state index contributed by atoms with van der Waals surface area (Å²) in [5.74, 6) is 0.565. The van der Waals surface area contributed by atoms with Crippen molar-refractivity contribution >= 4 is 5.96 Å². The predicted molar refractivity (Wildman–Crippen MR) is 76.3 cm³/mol. The standard InChI is InChI=1S/C14H27N3O2/c1-18-14(7-9-19-10-8-14)11-16-13(15)17-12-5-3-2-4-6-12/h12H,2-11H2,1H3,(H3,15,16,17). The summed E-state index contributed by atoms with van der Waals surface area (Å²) in [5, 5.41) is 3.34. The van der Waals surface area contributed by atoms with E-state index < -0.39 is 0 Å². The topological polar surface area (TPSA) is 68.9 Å². The van der Waals surface area contributed by atoms with Gasteiger partial charge < -0.3 is 20.5 Å².